The van der Waals surface area contributed by atoms with E-state index in [0.29, 0.717) is 0 Å². The summed E-state index contributed by atoms with van der Waals surface area (Å²) in [6.07, 6.45) is -3.99. The zero-order valence-corrected chi connectivity index (χ0v) is 13.3. The van der Waals surface area contributed by atoms with Crippen molar-refractivity contribution in [2.75, 3.05) is 19.6 Å². The molecular weight excluding hydrogens is 322 g/mol. The molecule has 1 aliphatic heterocycles. The minimum absolute atomic E-state index is 0.0573. The van der Waals surface area contributed by atoms with Gasteiger partial charge in [-0.3, -0.25) is 9.69 Å². The summed E-state index contributed by atoms with van der Waals surface area (Å²) in [6.45, 7) is 1.13. The smallest absolute Gasteiger partial charge is 0.407 e. The number of alkyl halides is 2. The first-order chi connectivity index (χ1) is 11.4. The summed E-state index contributed by atoms with van der Waals surface area (Å²) in [6, 6.07) is 7.25. The number of amides is 1. The van der Waals surface area contributed by atoms with Crippen molar-refractivity contribution in [3.8, 4) is 0 Å². The summed E-state index contributed by atoms with van der Waals surface area (Å²) in [4.78, 5) is 25.3. The molecule has 1 aromatic rings. The standard InChI is InChI=1S/C16H20F2N2O4/c1-11-7-19(13(15(17)18)8-20(11)16(22)23)9-14(21)24-10-12-5-3-2-4-6-12/h2-6,11,13,15H,7-10H2,1H3,(H,22,23)/t11-,13-/m1/s1. The molecule has 0 aromatic heterocycles. The second-order valence-corrected chi connectivity index (χ2v) is 5.76. The van der Waals surface area contributed by atoms with Crippen molar-refractivity contribution in [3.63, 3.8) is 0 Å². The van der Waals surface area contributed by atoms with Gasteiger partial charge in [-0.25, -0.2) is 13.6 Å². The van der Waals surface area contributed by atoms with Crippen molar-refractivity contribution < 1.29 is 28.2 Å². The number of carboxylic acid groups (broad SMARTS) is 1. The van der Waals surface area contributed by atoms with Crippen LogP contribution in [0.2, 0.25) is 0 Å². The number of piperazine rings is 1. The van der Waals surface area contributed by atoms with Gasteiger partial charge < -0.3 is 14.7 Å². The molecule has 1 N–H and O–H groups in total. The topological polar surface area (TPSA) is 70.1 Å². The molecule has 0 unspecified atom stereocenters. The zero-order valence-electron chi connectivity index (χ0n) is 13.3. The molecule has 132 valence electrons. The van der Waals surface area contributed by atoms with Crippen molar-refractivity contribution in [2.45, 2.75) is 32.0 Å². The Bertz CT molecular complexity index is 570. The lowest BCUT2D eigenvalue weighted by molar-refractivity contribution is -0.149. The summed E-state index contributed by atoms with van der Waals surface area (Å²) in [5.41, 5.74) is 0.806. The number of hydrogen-bond donors (Lipinski definition) is 1. The molecule has 1 amide bonds. The molecule has 0 saturated carbocycles. The van der Waals surface area contributed by atoms with Crippen LogP contribution >= 0.6 is 0 Å². The van der Waals surface area contributed by atoms with Crippen molar-refractivity contribution in [3.05, 3.63) is 35.9 Å². The van der Waals surface area contributed by atoms with Crippen LogP contribution in [-0.2, 0) is 16.1 Å². The second-order valence-electron chi connectivity index (χ2n) is 5.76. The fourth-order valence-electron chi connectivity index (χ4n) is 2.71. The molecule has 1 aromatic carbocycles. The lowest BCUT2D eigenvalue weighted by Gasteiger charge is -2.43. The Morgan fingerprint density at radius 2 is 1.96 bits per heavy atom. The number of rotatable bonds is 5. The average molecular weight is 342 g/mol. The molecular formula is C16H20F2N2O4. The maximum atomic E-state index is 13.2. The Morgan fingerprint density at radius 1 is 1.29 bits per heavy atom. The van der Waals surface area contributed by atoms with Crippen LogP contribution in [0.15, 0.2) is 30.3 Å². The number of ether oxygens (including phenoxy) is 1. The summed E-state index contributed by atoms with van der Waals surface area (Å²) >= 11 is 0. The quantitative estimate of drug-likeness (QED) is 0.830. The van der Waals surface area contributed by atoms with Gasteiger partial charge in [0, 0.05) is 19.1 Å². The third-order valence-electron chi connectivity index (χ3n) is 3.99. The predicted molar refractivity (Wildman–Crippen MR) is 81.8 cm³/mol. The molecule has 0 spiro atoms. The van der Waals surface area contributed by atoms with Crippen LogP contribution < -0.4 is 0 Å². The van der Waals surface area contributed by atoms with Crippen LogP contribution in [-0.4, -0.2) is 65.1 Å². The van der Waals surface area contributed by atoms with Gasteiger partial charge in [-0.05, 0) is 12.5 Å². The number of carbonyl (C=O) groups is 2. The highest BCUT2D eigenvalue weighted by Crippen LogP contribution is 2.20. The highest BCUT2D eigenvalue weighted by atomic mass is 19.3. The zero-order chi connectivity index (χ0) is 17.7. The largest absolute Gasteiger partial charge is 0.465 e. The van der Waals surface area contributed by atoms with Gasteiger partial charge in [0.05, 0.1) is 12.6 Å². The number of nitrogens with zero attached hydrogens (tertiary/aromatic N) is 2. The summed E-state index contributed by atoms with van der Waals surface area (Å²) < 4.78 is 31.6. The highest BCUT2D eigenvalue weighted by molar-refractivity contribution is 5.72. The maximum Gasteiger partial charge on any atom is 0.407 e. The maximum absolute atomic E-state index is 13.2. The molecule has 1 aliphatic rings. The summed E-state index contributed by atoms with van der Waals surface area (Å²) in [7, 11) is 0. The molecule has 1 saturated heterocycles. The van der Waals surface area contributed by atoms with Gasteiger partial charge in [0.1, 0.15) is 6.61 Å². The number of esters is 1. The molecule has 6 nitrogen and oxygen atoms in total. The molecule has 0 aliphatic carbocycles. The average Bonchev–Trinajstić information content (AvgIpc) is 2.53. The third kappa shape index (κ3) is 4.64. The fraction of sp³-hybridized carbons (Fsp3) is 0.500. The van der Waals surface area contributed by atoms with Crippen molar-refractivity contribution in [2.24, 2.45) is 0 Å². The Morgan fingerprint density at radius 3 is 2.54 bits per heavy atom. The van der Waals surface area contributed by atoms with Crippen molar-refractivity contribution in [1.29, 1.82) is 0 Å². The monoisotopic (exact) mass is 342 g/mol. The second kappa shape index (κ2) is 8.05. The number of benzene rings is 1. The molecule has 1 fully saturated rings. The van der Waals surface area contributed by atoms with Crippen LogP contribution in [0.5, 0.6) is 0 Å². The number of hydrogen-bond acceptors (Lipinski definition) is 4. The van der Waals surface area contributed by atoms with E-state index in [1.807, 2.05) is 18.2 Å². The van der Waals surface area contributed by atoms with E-state index in [-0.39, 0.29) is 26.2 Å². The lowest BCUT2D eigenvalue weighted by Crippen LogP contribution is -2.61. The normalized spacial score (nSPS) is 21.8. The Balaban J connectivity index is 1.93. The van der Waals surface area contributed by atoms with E-state index < -0.39 is 30.6 Å². The van der Waals surface area contributed by atoms with E-state index in [0.717, 1.165) is 10.5 Å². The van der Waals surface area contributed by atoms with Crippen molar-refractivity contribution >= 4 is 12.1 Å². The van der Waals surface area contributed by atoms with Crippen molar-refractivity contribution in [1.82, 2.24) is 9.80 Å². The molecule has 24 heavy (non-hydrogen) atoms. The molecule has 2 atom stereocenters. The van der Waals surface area contributed by atoms with Gasteiger partial charge in [-0.2, -0.15) is 0 Å². The van der Waals surface area contributed by atoms with E-state index in [9.17, 15) is 18.4 Å². The summed E-state index contributed by atoms with van der Waals surface area (Å²) in [5, 5.41) is 9.06. The van der Waals surface area contributed by atoms with E-state index in [4.69, 9.17) is 9.84 Å². The Labute approximate surface area is 138 Å². The van der Waals surface area contributed by atoms with Crippen LogP contribution in [0.1, 0.15) is 12.5 Å². The Kier molecular flexibility index (Phi) is 6.08. The molecule has 2 rings (SSSR count). The van der Waals surface area contributed by atoms with E-state index in [1.54, 1.807) is 19.1 Å². The minimum atomic E-state index is -2.75. The third-order valence-corrected chi connectivity index (χ3v) is 3.99. The van der Waals surface area contributed by atoms with Crippen LogP contribution in [0, 0.1) is 0 Å². The first-order valence-corrected chi connectivity index (χ1v) is 7.59. The van der Waals surface area contributed by atoms with Gasteiger partial charge in [0.2, 0.25) is 0 Å². The SMILES string of the molecule is C[C@@H]1CN(CC(=O)OCc2ccccc2)[C@@H](C(F)F)CN1C(=O)O. The predicted octanol–water partition coefficient (Wildman–Crippen LogP) is 2.05. The van der Waals surface area contributed by atoms with E-state index in [2.05, 4.69) is 0 Å². The first kappa shape index (κ1) is 18.1. The van der Waals surface area contributed by atoms with E-state index >= 15 is 0 Å². The van der Waals surface area contributed by atoms with Gasteiger partial charge in [-0.15, -0.1) is 0 Å². The number of halogens is 2. The lowest BCUT2D eigenvalue weighted by atomic mass is 10.1. The molecule has 8 heteroatoms. The summed E-state index contributed by atoms with van der Waals surface area (Å²) in [5.74, 6) is -0.611. The van der Waals surface area contributed by atoms with Gasteiger partial charge >= 0.3 is 12.1 Å². The van der Waals surface area contributed by atoms with Gasteiger partial charge in [-0.1, -0.05) is 30.3 Å². The first-order valence-electron chi connectivity index (χ1n) is 7.59. The Hall–Kier alpha value is -2.22. The number of carbonyl (C=O) groups excluding carboxylic acids is 1. The van der Waals surface area contributed by atoms with Crippen LogP contribution in [0.25, 0.3) is 0 Å². The van der Waals surface area contributed by atoms with Crippen LogP contribution in [0.4, 0.5) is 13.6 Å². The minimum Gasteiger partial charge on any atom is -0.465 e. The highest BCUT2D eigenvalue weighted by Gasteiger charge is 2.39. The molecule has 1 heterocycles. The van der Waals surface area contributed by atoms with Gasteiger partial charge in [0.15, 0.2) is 0 Å². The van der Waals surface area contributed by atoms with Crippen LogP contribution in [0.3, 0.4) is 0 Å². The van der Waals surface area contributed by atoms with E-state index in [1.165, 1.54) is 4.90 Å². The van der Waals surface area contributed by atoms with Gasteiger partial charge in [0.25, 0.3) is 6.43 Å². The molecule has 0 radical (unpaired) electrons. The molecule has 0 bridgehead atoms. The fourth-order valence-corrected chi connectivity index (χ4v) is 2.71.